The zero-order valence-electron chi connectivity index (χ0n) is 18.0. The molecule has 0 N–H and O–H groups in total. The zero-order chi connectivity index (χ0) is 18.0. The van der Waals surface area contributed by atoms with Gasteiger partial charge in [-0.05, 0) is 17.3 Å². The molecule has 0 saturated carbocycles. The van der Waals surface area contributed by atoms with Crippen molar-refractivity contribution in [3.8, 4) is 0 Å². The third kappa shape index (κ3) is 16.4. The van der Waals surface area contributed by atoms with Crippen LogP contribution in [0, 0.1) is 17.3 Å². The maximum Gasteiger partial charge on any atom is -0.0308 e. The molecule has 0 aliphatic rings. The predicted molar refractivity (Wildman–Crippen MR) is 108 cm³/mol. The molecule has 0 nitrogen and oxygen atoms in total. The minimum atomic E-state index is 0.667. The summed E-state index contributed by atoms with van der Waals surface area (Å²) in [4.78, 5) is 0. The lowest BCUT2D eigenvalue weighted by Crippen LogP contribution is -2.15. The van der Waals surface area contributed by atoms with Crippen molar-refractivity contribution in [3.05, 3.63) is 0 Å². The van der Waals surface area contributed by atoms with Crippen LogP contribution >= 0.6 is 0 Å². The molecule has 0 saturated heterocycles. The highest BCUT2D eigenvalue weighted by atomic mass is 14.3. The van der Waals surface area contributed by atoms with Crippen LogP contribution < -0.4 is 0 Å². The second-order valence-electron chi connectivity index (χ2n) is 7.14. The average molecular weight is 315 g/mol. The molecule has 0 spiro atoms. The van der Waals surface area contributed by atoms with Crippen molar-refractivity contribution in [2.45, 2.75) is 127 Å². The van der Waals surface area contributed by atoms with Crippen LogP contribution in [0.1, 0.15) is 127 Å². The fourth-order valence-corrected chi connectivity index (χ4v) is 2.49. The first-order valence-corrected chi connectivity index (χ1v) is 10.4. The fraction of sp³-hybridized carbons (Fsp3) is 1.00. The summed E-state index contributed by atoms with van der Waals surface area (Å²) < 4.78 is 0. The molecule has 0 bridgehead atoms. The monoisotopic (exact) mass is 314 g/mol. The van der Waals surface area contributed by atoms with E-state index >= 15 is 0 Å². The van der Waals surface area contributed by atoms with E-state index in [2.05, 4.69) is 69.2 Å². The molecular weight excluding hydrogens is 264 g/mol. The summed E-state index contributed by atoms with van der Waals surface area (Å²) in [6, 6.07) is 0. The third-order valence-corrected chi connectivity index (χ3v) is 5.87. The lowest BCUT2D eigenvalue weighted by atomic mass is 9.78. The van der Waals surface area contributed by atoms with Gasteiger partial charge in [0.2, 0.25) is 0 Å². The van der Waals surface area contributed by atoms with E-state index in [1.165, 1.54) is 57.8 Å². The average Bonchev–Trinajstić information content (AvgIpc) is 2.58. The molecule has 0 aliphatic carbocycles. The Hall–Kier alpha value is 0. The van der Waals surface area contributed by atoms with Crippen LogP contribution in [-0.4, -0.2) is 0 Å². The standard InChI is InChI=1S/C9H20.C7H16.C6H14/c1-5-9(6-2,7-3)8-4;1-4-6-7(3)5-2;1-4-6(3)5-2/h5-8H2,1-4H3;7H,4-6H2,1-3H3;6H,4-5H2,1-3H3. The molecule has 0 amide bonds. The van der Waals surface area contributed by atoms with Gasteiger partial charge in [0.25, 0.3) is 0 Å². The van der Waals surface area contributed by atoms with E-state index in [4.69, 9.17) is 0 Å². The van der Waals surface area contributed by atoms with Crippen molar-refractivity contribution in [1.29, 1.82) is 0 Å². The Bertz CT molecular complexity index is 157. The SMILES string of the molecule is CCC(C)CC.CCC(CC)(CC)CC.CCCC(C)CC. The molecule has 0 heteroatoms. The maximum atomic E-state index is 2.31. The van der Waals surface area contributed by atoms with Gasteiger partial charge in [0.1, 0.15) is 0 Å². The smallest absolute Gasteiger partial charge is 0.0308 e. The summed E-state index contributed by atoms with van der Waals surface area (Å²) in [5.74, 6) is 1.88. The molecule has 138 valence electrons. The van der Waals surface area contributed by atoms with Crippen LogP contribution in [0.5, 0.6) is 0 Å². The van der Waals surface area contributed by atoms with Gasteiger partial charge in [-0.15, -0.1) is 0 Å². The summed E-state index contributed by atoms with van der Waals surface area (Å²) in [7, 11) is 0. The van der Waals surface area contributed by atoms with Gasteiger partial charge in [0.05, 0.1) is 0 Å². The lowest BCUT2D eigenvalue weighted by molar-refractivity contribution is 0.240. The van der Waals surface area contributed by atoms with E-state index in [0.717, 1.165) is 11.8 Å². The number of hydrogen-bond acceptors (Lipinski definition) is 0. The second-order valence-corrected chi connectivity index (χ2v) is 7.14. The van der Waals surface area contributed by atoms with Gasteiger partial charge in [-0.3, -0.25) is 0 Å². The zero-order valence-corrected chi connectivity index (χ0v) is 18.0. The molecule has 0 heterocycles. The van der Waals surface area contributed by atoms with Crippen molar-refractivity contribution in [3.63, 3.8) is 0 Å². The van der Waals surface area contributed by atoms with E-state index in [-0.39, 0.29) is 0 Å². The highest BCUT2D eigenvalue weighted by molar-refractivity contribution is 4.72. The number of hydrogen-bond donors (Lipinski definition) is 0. The van der Waals surface area contributed by atoms with Crippen LogP contribution in [0.15, 0.2) is 0 Å². The van der Waals surface area contributed by atoms with Crippen molar-refractivity contribution >= 4 is 0 Å². The highest BCUT2D eigenvalue weighted by Gasteiger charge is 2.20. The van der Waals surface area contributed by atoms with Gasteiger partial charge in [0.15, 0.2) is 0 Å². The van der Waals surface area contributed by atoms with Crippen LogP contribution in [-0.2, 0) is 0 Å². The number of rotatable bonds is 9. The third-order valence-electron chi connectivity index (χ3n) is 5.87. The fourth-order valence-electron chi connectivity index (χ4n) is 2.49. The molecule has 0 rings (SSSR count). The Balaban J connectivity index is -0.000000252. The van der Waals surface area contributed by atoms with Gasteiger partial charge in [-0.2, -0.15) is 0 Å². The molecule has 22 heavy (non-hydrogen) atoms. The molecule has 1 unspecified atom stereocenters. The van der Waals surface area contributed by atoms with Gasteiger partial charge in [-0.1, -0.05) is 127 Å². The Morgan fingerprint density at radius 2 is 0.864 bits per heavy atom. The predicted octanol–water partition coefficient (Wildman–Crippen LogP) is 8.89. The Labute approximate surface area is 144 Å². The Morgan fingerprint density at radius 1 is 0.545 bits per heavy atom. The lowest BCUT2D eigenvalue weighted by Gasteiger charge is -2.28. The van der Waals surface area contributed by atoms with Gasteiger partial charge < -0.3 is 0 Å². The van der Waals surface area contributed by atoms with Crippen molar-refractivity contribution in [2.24, 2.45) is 17.3 Å². The minimum Gasteiger partial charge on any atom is -0.0654 e. The van der Waals surface area contributed by atoms with Crippen LogP contribution in [0.25, 0.3) is 0 Å². The first-order chi connectivity index (χ1) is 10.4. The van der Waals surface area contributed by atoms with E-state index in [9.17, 15) is 0 Å². The Kier molecular flexibility index (Phi) is 23.3. The topological polar surface area (TPSA) is 0 Å². The molecule has 0 radical (unpaired) electrons. The van der Waals surface area contributed by atoms with Crippen molar-refractivity contribution in [1.82, 2.24) is 0 Å². The molecule has 0 aromatic carbocycles. The molecule has 0 fully saturated rings. The minimum absolute atomic E-state index is 0.667. The summed E-state index contributed by atoms with van der Waals surface area (Å²) in [5, 5.41) is 0. The van der Waals surface area contributed by atoms with Crippen molar-refractivity contribution < 1.29 is 0 Å². The van der Waals surface area contributed by atoms with Crippen LogP contribution in [0.4, 0.5) is 0 Å². The Morgan fingerprint density at radius 3 is 0.909 bits per heavy atom. The van der Waals surface area contributed by atoms with E-state index in [0.29, 0.717) is 5.41 Å². The summed E-state index contributed by atoms with van der Waals surface area (Å²) in [6.45, 7) is 22.7. The summed E-state index contributed by atoms with van der Waals surface area (Å²) >= 11 is 0. The highest BCUT2D eigenvalue weighted by Crippen LogP contribution is 2.33. The second kappa shape index (κ2) is 19.0. The normalized spacial score (nSPS) is 12.1. The maximum absolute atomic E-state index is 2.31. The molecule has 1 atom stereocenters. The molecule has 0 aromatic rings. The van der Waals surface area contributed by atoms with Gasteiger partial charge >= 0.3 is 0 Å². The van der Waals surface area contributed by atoms with Crippen LogP contribution in [0.2, 0.25) is 0 Å². The van der Waals surface area contributed by atoms with Gasteiger partial charge in [-0.25, -0.2) is 0 Å². The largest absolute Gasteiger partial charge is 0.0654 e. The van der Waals surface area contributed by atoms with E-state index in [1.807, 2.05) is 0 Å². The van der Waals surface area contributed by atoms with Gasteiger partial charge in [0, 0.05) is 0 Å². The molecule has 0 aliphatic heterocycles. The first kappa shape index (κ1) is 26.9. The quantitative estimate of drug-likeness (QED) is 0.398. The van der Waals surface area contributed by atoms with E-state index in [1.54, 1.807) is 0 Å². The molecular formula is C22H50. The van der Waals surface area contributed by atoms with E-state index < -0.39 is 0 Å². The molecule has 0 aromatic heterocycles. The summed E-state index contributed by atoms with van der Waals surface area (Å²) in [6.07, 6.45) is 12.1. The van der Waals surface area contributed by atoms with Crippen molar-refractivity contribution in [2.75, 3.05) is 0 Å². The summed E-state index contributed by atoms with van der Waals surface area (Å²) in [5.41, 5.74) is 0.667. The first-order valence-electron chi connectivity index (χ1n) is 10.4. The van der Waals surface area contributed by atoms with Crippen LogP contribution in [0.3, 0.4) is 0 Å².